The minimum atomic E-state index is -3.31. The van der Waals surface area contributed by atoms with Gasteiger partial charge in [-0.05, 0) is 25.0 Å². The molecule has 2 heterocycles. The Bertz CT molecular complexity index is 642. The minimum absolute atomic E-state index is 0.369. The number of aromatic nitrogens is 1. The molecule has 1 aliphatic heterocycles. The maximum Gasteiger partial charge on any atom is 0.243 e. The van der Waals surface area contributed by atoms with Crippen LogP contribution in [-0.4, -0.2) is 30.8 Å². The van der Waals surface area contributed by atoms with Crippen molar-refractivity contribution in [1.29, 1.82) is 0 Å². The van der Waals surface area contributed by atoms with Gasteiger partial charge in [0.2, 0.25) is 10.0 Å². The van der Waals surface area contributed by atoms with Gasteiger partial charge in [-0.25, -0.2) is 13.4 Å². The predicted molar refractivity (Wildman–Crippen MR) is 75.5 cm³/mol. The molecule has 100 valence electrons. The molecule has 3 rings (SSSR count). The van der Waals surface area contributed by atoms with E-state index >= 15 is 0 Å². The van der Waals surface area contributed by atoms with Crippen molar-refractivity contribution in [2.24, 2.45) is 0 Å². The molecule has 0 radical (unpaired) electrons. The molecule has 0 amide bonds. The summed E-state index contributed by atoms with van der Waals surface area (Å²) in [7, 11) is -3.31. The van der Waals surface area contributed by atoms with Crippen molar-refractivity contribution in [3.05, 3.63) is 35.2 Å². The van der Waals surface area contributed by atoms with Crippen molar-refractivity contribution >= 4 is 21.4 Å². The van der Waals surface area contributed by atoms with E-state index in [0.717, 1.165) is 24.1 Å². The topological polar surface area (TPSA) is 50.3 Å². The van der Waals surface area contributed by atoms with E-state index in [-0.39, 0.29) is 0 Å². The molecular formula is C13H14N2O2S2. The summed E-state index contributed by atoms with van der Waals surface area (Å²) in [5.41, 5.74) is 3.60. The zero-order chi connectivity index (χ0) is 13.3. The van der Waals surface area contributed by atoms with Crippen molar-refractivity contribution < 1.29 is 8.42 Å². The molecule has 0 bridgehead atoms. The lowest BCUT2D eigenvalue weighted by atomic mass is 10.2. The number of nitrogens with zero attached hydrogens (tertiary/aromatic N) is 2. The van der Waals surface area contributed by atoms with E-state index in [0.29, 0.717) is 18.0 Å². The average Bonchev–Trinajstić information content (AvgIpc) is 3.12. The van der Waals surface area contributed by atoms with Crippen molar-refractivity contribution in [2.75, 3.05) is 13.1 Å². The Labute approximate surface area is 116 Å². The number of thiazole rings is 1. The van der Waals surface area contributed by atoms with Crippen LogP contribution in [0, 0.1) is 0 Å². The molecule has 0 saturated carbocycles. The summed E-state index contributed by atoms with van der Waals surface area (Å²) in [6.45, 7) is 1.27. The molecule has 0 aliphatic carbocycles. The van der Waals surface area contributed by atoms with Crippen molar-refractivity contribution in [2.45, 2.75) is 17.7 Å². The summed E-state index contributed by atoms with van der Waals surface area (Å²) >= 11 is 1.53. The second kappa shape index (κ2) is 5.03. The summed E-state index contributed by atoms with van der Waals surface area (Å²) in [6.07, 6.45) is 1.91. The van der Waals surface area contributed by atoms with Crippen LogP contribution >= 0.6 is 11.3 Å². The molecule has 1 saturated heterocycles. The Balaban J connectivity index is 1.90. The molecule has 6 heteroatoms. The van der Waals surface area contributed by atoms with Gasteiger partial charge < -0.3 is 0 Å². The minimum Gasteiger partial charge on any atom is -0.245 e. The molecule has 1 aliphatic rings. The van der Waals surface area contributed by atoms with E-state index in [1.54, 1.807) is 21.9 Å². The smallest absolute Gasteiger partial charge is 0.243 e. The van der Waals surface area contributed by atoms with Gasteiger partial charge in [0.15, 0.2) is 0 Å². The molecule has 0 unspecified atom stereocenters. The van der Waals surface area contributed by atoms with Crippen LogP contribution in [0.1, 0.15) is 12.8 Å². The SMILES string of the molecule is O=S(=O)(c1ccc(-c2cscn2)cc1)N1CCCC1. The van der Waals surface area contributed by atoms with Gasteiger partial charge in [0.05, 0.1) is 16.1 Å². The molecule has 19 heavy (non-hydrogen) atoms. The Morgan fingerprint density at radius 3 is 2.37 bits per heavy atom. The monoisotopic (exact) mass is 294 g/mol. The average molecular weight is 294 g/mol. The van der Waals surface area contributed by atoms with Crippen LogP contribution in [-0.2, 0) is 10.0 Å². The van der Waals surface area contributed by atoms with Gasteiger partial charge >= 0.3 is 0 Å². The highest BCUT2D eigenvalue weighted by atomic mass is 32.2. The Kier molecular flexibility index (Phi) is 3.38. The lowest BCUT2D eigenvalue weighted by Crippen LogP contribution is -2.27. The quantitative estimate of drug-likeness (QED) is 0.874. The third kappa shape index (κ3) is 2.43. The van der Waals surface area contributed by atoms with E-state index in [4.69, 9.17) is 0 Å². The highest BCUT2D eigenvalue weighted by Gasteiger charge is 2.26. The van der Waals surface area contributed by atoms with Crippen LogP contribution in [0.3, 0.4) is 0 Å². The Morgan fingerprint density at radius 1 is 1.11 bits per heavy atom. The highest BCUT2D eigenvalue weighted by molar-refractivity contribution is 7.89. The second-order valence-electron chi connectivity index (χ2n) is 4.51. The van der Waals surface area contributed by atoms with E-state index in [2.05, 4.69) is 4.98 Å². The second-order valence-corrected chi connectivity index (χ2v) is 7.17. The number of hydrogen-bond acceptors (Lipinski definition) is 4. The number of sulfonamides is 1. The largest absolute Gasteiger partial charge is 0.245 e. The van der Waals surface area contributed by atoms with Gasteiger partial charge in [-0.15, -0.1) is 11.3 Å². The van der Waals surface area contributed by atoms with Gasteiger partial charge in [0.1, 0.15) is 0 Å². The van der Waals surface area contributed by atoms with Gasteiger partial charge in [0.25, 0.3) is 0 Å². The summed E-state index contributed by atoms with van der Waals surface area (Å²) in [5, 5.41) is 1.95. The van der Waals surface area contributed by atoms with Crippen molar-refractivity contribution in [3.8, 4) is 11.3 Å². The van der Waals surface area contributed by atoms with Gasteiger partial charge in [-0.1, -0.05) is 12.1 Å². The Hall–Kier alpha value is -1.24. The lowest BCUT2D eigenvalue weighted by molar-refractivity contribution is 0.477. The third-order valence-corrected chi connectivity index (χ3v) is 5.78. The normalized spacial score (nSPS) is 16.8. The number of hydrogen-bond donors (Lipinski definition) is 0. The number of benzene rings is 1. The maximum absolute atomic E-state index is 12.3. The third-order valence-electron chi connectivity index (χ3n) is 3.29. The lowest BCUT2D eigenvalue weighted by Gasteiger charge is -2.15. The first-order valence-electron chi connectivity index (χ1n) is 6.17. The highest BCUT2D eigenvalue weighted by Crippen LogP contribution is 2.24. The molecule has 0 spiro atoms. The van der Waals surface area contributed by atoms with Crippen LogP contribution in [0.15, 0.2) is 40.1 Å². The van der Waals surface area contributed by atoms with Gasteiger partial charge in [0, 0.05) is 24.0 Å². The molecule has 4 nitrogen and oxygen atoms in total. The molecule has 1 aromatic heterocycles. The van der Waals surface area contributed by atoms with Crippen molar-refractivity contribution in [1.82, 2.24) is 9.29 Å². The van der Waals surface area contributed by atoms with Crippen LogP contribution in [0.25, 0.3) is 11.3 Å². The zero-order valence-electron chi connectivity index (χ0n) is 10.3. The summed E-state index contributed by atoms with van der Waals surface area (Å²) in [4.78, 5) is 4.58. The zero-order valence-corrected chi connectivity index (χ0v) is 12.0. The summed E-state index contributed by atoms with van der Waals surface area (Å²) < 4.78 is 26.2. The molecule has 2 aromatic rings. The van der Waals surface area contributed by atoms with Crippen LogP contribution < -0.4 is 0 Å². The first-order chi connectivity index (χ1) is 9.18. The fraction of sp³-hybridized carbons (Fsp3) is 0.308. The fourth-order valence-corrected chi connectivity index (χ4v) is 4.31. The number of rotatable bonds is 3. The Morgan fingerprint density at radius 2 is 1.79 bits per heavy atom. The fourth-order valence-electron chi connectivity index (χ4n) is 2.23. The summed E-state index contributed by atoms with van der Waals surface area (Å²) in [5.74, 6) is 0. The molecule has 1 aromatic carbocycles. The van der Waals surface area contributed by atoms with Gasteiger partial charge in [-0.2, -0.15) is 4.31 Å². The van der Waals surface area contributed by atoms with Crippen molar-refractivity contribution in [3.63, 3.8) is 0 Å². The van der Waals surface area contributed by atoms with E-state index < -0.39 is 10.0 Å². The standard InChI is InChI=1S/C13H14N2O2S2/c16-19(17,15-7-1-2-8-15)12-5-3-11(4-6-12)13-9-18-10-14-13/h3-6,9-10H,1-2,7-8H2. The van der Waals surface area contributed by atoms with E-state index in [1.165, 1.54) is 11.3 Å². The van der Waals surface area contributed by atoms with Crippen LogP contribution in [0.2, 0.25) is 0 Å². The maximum atomic E-state index is 12.3. The first-order valence-corrected chi connectivity index (χ1v) is 8.55. The van der Waals surface area contributed by atoms with Crippen LogP contribution in [0.5, 0.6) is 0 Å². The molecule has 1 fully saturated rings. The molecule has 0 N–H and O–H groups in total. The van der Waals surface area contributed by atoms with Crippen LogP contribution in [0.4, 0.5) is 0 Å². The molecule has 0 atom stereocenters. The molecular weight excluding hydrogens is 280 g/mol. The summed E-state index contributed by atoms with van der Waals surface area (Å²) in [6, 6.07) is 6.97. The van der Waals surface area contributed by atoms with Gasteiger partial charge in [-0.3, -0.25) is 0 Å². The predicted octanol–water partition coefficient (Wildman–Crippen LogP) is 2.59. The van der Waals surface area contributed by atoms with E-state index in [9.17, 15) is 8.42 Å². The first kappa shape index (κ1) is 12.8. The van der Waals surface area contributed by atoms with E-state index in [1.807, 2.05) is 17.5 Å².